The van der Waals surface area contributed by atoms with E-state index in [0.29, 0.717) is 6.54 Å². The maximum atomic E-state index is 11.9. The zero-order valence-corrected chi connectivity index (χ0v) is 11.7. The molecule has 2 rings (SSSR count). The van der Waals surface area contributed by atoms with Crippen LogP contribution in [-0.2, 0) is 9.84 Å². The SMILES string of the molecule is CS(=O)(=O)c1cc(N)cc(C(=O)NCCC2CC2)c1. The molecule has 0 aromatic heterocycles. The first-order valence-corrected chi connectivity index (χ1v) is 8.14. The molecule has 0 bridgehead atoms. The predicted molar refractivity (Wildman–Crippen MR) is 73.6 cm³/mol. The number of amides is 1. The molecule has 1 aromatic rings. The van der Waals surface area contributed by atoms with Crippen molar-refractivity contribution in [3.05, 3.63) is 23.8 Å². The summed E-state index contributed by atoms with van der Waals surface area (Å²) >= 11 is 0. The minimum Gasteiger partial charge on any atom is -0.399 e. The van der Waals surface area contributed by atoms with E-state index in [9.17, 15) is 13.2 Å². The Morgan fingerprint density at radius 2 is 2.05 bits per heavy atom. The van der Waals surface area contributed by atoms with Gasteiger partial charge in [0.2, 0.25) is 0 Å². The van der Waals surface area contributed by atoms with Crippen molar-refractivity contribution in [3.63, 3.8) is 0 Å². The summed E-state index contributed by atoms with van der Waals surface area (Å²) in [6.07, 6.45) is 4.56. The molecule has 1 saturated carbocycles. The van der Waals surface area contributed by atoms with Crippen molar-refractivity contribution in [1.82, 2.24) is 5.32 Å². The van der Waals surface area contributed by atoms with Crippen LogP contribution in [0.25, 0.3) is 0 Å². The summed E-state index contributed by atoms with van der Waals surface area (Å²) < 4.78 is 23.0. The number of anilines is 1. The lowest BCUT2D eigenvalue weighted by Gasteiger charge is -2.07. The monoisotopic (exact) mass is 282 g/mol. The third kappa shape index (κ3) is 3.96. The van der Waals surface area contributed by atoms with E-state index in [1.807, 2.05) is 0 Å². The molecule has 6 heteroatoms. The maximum Gasteiger partial charge on any atom is 0.251 e. The van der Waals surface area contributed by atoms with Gasteiger partial charge in [-0.3, -0.25) is 4.79 Å². The quantitative estimate of drug-likeness (QED) is 0.794. The first kappa shape index (κ1) is 13.9. The van der Waals surface area contributed by atoms with Gasteiger partial charge in [-0.15, -0.1) is 0 Å². The van der Waals surface area contributed by atoms with E-state index in [4.69, 9.17) is 5.73 Å². The molecule has 0 saturated heterocycles. The van der Waals surface area contributed by atoms with Crippen LogP contribution in [0.1, 0.15) is 29.6 Å². The Balaban J connectivity index is 2.09. The summed E-state index contributed by atoms with van der Waals surface area (Å²) in [5.41, 5.74) is 6.20. The summed E-state index contributed by atoms with van der Waals surface area (Å²) in [5, 5.41) is 2.79. The lowest BCUT2D eigenvalue weighted by Crippen LogP contribution is -2.25. The number of carbonyl (C=O) groups is 1. The molecule has 19 heavy (non-hydrogen) atoms. The highest BCUT2D eigenvalue weighted by molar-refractivity contribution is 7.90. The van der Waals surface area contributed by atoms with Crippen molar-refractivity contribution in [2.45, 2.75) is 24.2 Å². The number of rotatable bonds is 5. The summed E-state index contributed by atoms with van der Waals surface area (Å²) in [6.45, 7) is 0.618. The molecule has 1 fully saturated rings. The van der Waals surface area contributed by atoms with Gasteiger partial charge in [0.05, 0.1) is 4.90 Å². The predicted octanol–water partition coefficient (Wildman–Crippen LogP) is 1.20. The average Bonchev–Trinajstić information content (AvgIpc) is 3.11. The van der Waals surface area contributed by atoms with Gasteiger partial charge in [-0.1, -0.05) is 12.8 Å². The van der Waals surface area contributed by atoms with E-state index in [1.54, 1.807) is 0 Å². The Hall–Kier alpha value is -1.56. The fourth-order valence-electron chi connectivity index (χ4n) is 1.87. The Labute approximate surface area is 113 Å². The number of sulfone groups is 1. The number of hydrogen-bond acceptors (Lipinski definition) is 4. The van der Waals surface area contributed by atoms with Crippen molar-refractivity contribution in [3.8, 4) is 0 Å². The molecule has 0 radical (unpaired) electrons. The van der Waals surface area contributed by atoms with Crippen molar-refractivity contribution in [2.24, 2.45) is 5.92 Å². The second-order valence-electron chi connectivity index (χ2n) is 5.05. The maximum absolute atomic E-state index is 11.9. The minimum atomic E-state index is -3.37. The van der Waals surface area contributed by atoms with Gasteiger partial charge in [0.15, 0.2) is 9.84 Å². The summed E-state index contributed by atoms with van der Waals surface area (Å²) in [5.74, 6) is 0.463. The van der Waals surface area contributed by atoms with Gasteiger partial charge < -0.3 is 11.1 Å². The first-order chi connectivity index (χ1) is 8.86. The van der Waals surface area contributed by atoms with Crippen LogP contribution in [0.15, 0.2) is 23.1 Å². The van der Waals surface area contributed by atoms with E-state index in [2.05, 4.69) is 5.32 Å². The van der Waals surface area contributed by atoms with Crippen molar-refractivity contribution in [1.29, 1.82) is 0 Å². The molecular formula is C13H18N2O3S. The van der Waals surface area contributed by atoms with Gasteiger partial charge in [-0.25, -0.2) is 8.42 Å². The van der Waals surface area contributed by atoms with Crippen molar-refractivity contribution >= 4 is 21.4 Å². The fourth-order valence-corrected chi connectivity index (χ4v) is 2.56. The third-order valence-electron chi connectivity index (χ3n) is 3.15. The molecule has 0 unspecified atom stereocenters. The first-order valence-electron chi connectivity index (χ1n) is 6.25. The number of nitrogens with one attached hydrogen (secondary N) is 1. The summed E-state index contributed by atoms with van der Waals surface area (Å²) in [4.78, 5) is 12.0. The van der Waals surface area contributed by atoms with E-state index in [0.717, 1.165) is 18.6 Å². The van der Waals surface area contributed by atoms with Crippen LogP contribution in [0.4, 0.5) is 5.69 Å². The standard InChI is InChI=1S/C13H18N2O3S/c1-19(17,18)12-7-10(6-11(14)8-12)13(16)15-5-4-9-2-3-9/h6-9H,2-5,14H2,1H3,(H,15,16). The van der Waals surface area contributed by atoms with Crippen LogP contribution < -0.4 is 11.1 Å². The molecule has 0 heterocycles. The van der Waals surface area contributed by atoms with E-state index in [1.165, 1.54) is 31.0 Å². The molecule has 0 atom stereocenters. The lowest BCUT2D eigenvalue weighted by molar-refractivity contribution is 0.0952. The van der Waals surface area contributed by atoms with Crippen LogP contribution in [0.3, 0.4) is 0 Å². The molecule has 1 aliphatic carbocycles. The molecule has 3 N–H and O–H groups in total. The van der Waals surface area contributed by atoms with Crippen LogP contribution in [0.5, 0.6) is 0 Å². The van der Waals surface area contributed by atoms with Gasteiger partial charge in [-0.05, 0) is 30.5 Å². The van der Waals surface area contributed by atoms with E-state index < -0.39 is 9.84 Å². The lowest BCUT2D eigenvalue weighted by atomic mass is 10.2. The Bertz CT molecular complexity index is 592. The van der Waals surface area contributed by atoms with Crippen LogP contribution >= 0.6 is 0 Å². The summed E-state index contributed by atoms with van der Waals surface area (Å²) in [6, 6.07) is 4.20. The van der Waals surface area contributed by atoms with Gasteiger partial charge in [0.1, 0.15) is 0 Å². The van der Waals surface area contributed by atoms with Gasteiger partial charge in [-0.2, -0.15) is 0 Å². The highest BCUT2D eigenvalue weighted by Crippen LogP contribution is 2.31. The molecule has 0 spiro atoms. The Morgan fingerprint density at radius 1 is 1.37 bits per heavy atom. The second kappa shape index (κ2) is 5.21. The fraction of sp³-hybridized carbons (Fsp3) is 0.462. The number of hydrogen-bond donors (Lipinski definition) is 2. The Morgan fingerprint density at radius 3 is 2.63 bits per heavy atom. The van der Waals surface area contributed by atoms with Crippen molar-refractivity contribution < 1.29 is 13.2 Å². The average molecular weight is 282 g/mol. The number of carbonyl (C=O) groups excluding carboxylic acids is 1. The smallest absolute Gasteiger partial charge is 0.251 e. The number of nitrogens with two attached hydrogens (primary N) is 1. The zero-order chi connectivity index (χ0) is 14.0. The molecular weight excluding hydrogens is 264 g/mol. The zero-order valence-electron chi connectivity index (χ0n) is 10.8. The molecule has 5 nitrogen and oxygen atoms in total. The van der Waals surface area contributed by atoms with Gasteiger partial charge >= 0.3 is 0 Å². The van der Waals surface area contributed by atoms with E-state index in [-0.39, 0.29) is 22.1 Å². The topological polar surface area (TPSA) is 89.3 Å². The molecule has 104 valence electrons. The van der Waals surface area contributed by atoms with Crippen LogP contribution in [-0.4, -0.2) is 27.1 Å². The molecule has 1 aromatic carbocycles. The normalized spacial score (nSPS) is 15.2. The third-order valence-corrected chi connectivity index (χ3v) is 4.25. The molecule has 1 amide bonds. The van der Waals surface area contributed by atoms with Crippen LogP contribution in [0, 0.1) is 5.92 Å². The number of nitrogen functional groups attached to an aromatic ring is 1. The van der Waals surface area contributed by atoms with Gasteiger partial charge in [0.25, 0.3) is 5.91 Å². The largest absolute Gasteiger partial charge is 0.399 e. The Kier molecular flexibility index (Phi) is 3.80. The van der Waals surface area contributed by atoms with Crippen LogP contribution in [0.2, 0.25) is 0 Å². The second-order valence-corrected chi connectivity index (χ2v) is 7.07. The molecule has 1 aliphatic rings. The highest BCUT2D eigenvalue weighted by Gasteiger charge is 2.21. The highest BCUT2D eigenvalue weighted by atomic mass is 32.2. The minimum absolute atomic E-state index is 0.0693. The van der Waals surface area contributed by atoms with Gasteiger partial charge in [0, 0.05) is 24.1 Å². The number of benzene rings is 1. The molecule has 0 aliphatic heterocycles. The van der Waals surface area contributed by atoms with E-state index >= 15 is 0 Å². The summed E-state index contributed by atoms with van der Waals surface area (Å²) in [7, 11) is -3.37. The van der Waals surface area contributed by atoms with Crippen molar-refractivity contribution in [2.75, 3.05) is 18.5 Å².